The number of hydrogen-bond acceptors (Lipinski definition) is 4. The lowest BCUT2D eigenvalue weighted by molar-refractivity contribution is 0.238. The average Bonchev–Trinajstić information content (AvgIpc) is 2.81. The Morgan fingerprint density at radius 3 is 2.67 bits per heavy atom. The van der Waals surface area contributed by atoms with Crippen LogP contribution in [0.3, 0.4) is 0 Å². The number of nitrogens with one attached hydrogen (secondary N) is 2. The highest BCUT2D eigenvalue weighted by atomic mass is 16.5. The molecule has 2 aromatic rings. The van der Waals surface area contributed by atoms with Crippen LogP contribution in [0.15, 0.2) is 35.1 Å². The molecule has 2 rings (SSSR count). The fourth-order valence-electron chi connectivity index (χ4n) is 1.41. The SMILES string of the molecule is Cc1cc(CNC(=O)NCc2ccncc2)on1. The molecule has 2 amide bonds. The van der Waals surface area contributed by atoms with E-state index in [4.69, 9.17) is 4.52 Å². The summed E-state index contributed by atoms with van der Waals surface area (Å²) in [5.74, 6) is 0.631. The van der Waals surface area contributed by atoms with Crippen molar-refractivity contribution in [1.82, 2.24) is 20.8 Å². The minimum absolute atomic E-state index is 0.249. The predicted molar refractivity (Wildman–Crippen MR) is 64.6 cm³/mol. The minimum Gasteiger partial charge on any atom is -0.359 e. The van der Waals surface area contributed by atoms with Crippen molar-refractivity contribution in [3.63, 3.8) is 0 Å². The molecular weight excluding hydrogens is 232 g/mol. The van der Waals surface area contributed by atoms with Crippen molar-refractivity contribution in [2.75, 3.05) is 0 Å². The summed E-state index contributed by atoms with van der Waals surface area (Å²) in [4.78, 5) is 15.4. The average molecular weight is 246 g/mol. The Balaban J connectivity index is 1.73. The molecule has 0 bridgehead atoms. The van der Waals surface area contributed by atoms with Crippen LogP contribution in [0.2, 0.25) is 0 Å². The summed E-state index contributed by atoms with van der Waals surface area (Å²) in [5, 5.41) is 9.15. The molecule has 0 atom stereocenters. The number of carbonyl (C=O) groups excluding carboxylic acids is 1. The molecule has 0 saturated heterocycles. The minimum atomic E-state index is -0.249. The van der Waals surface area contributed by atoms with Gasteiger partial charge in [-0.2, -0.15) is 0 Å². The first-order chi connectivity index (χ1) is 8.74. The van der Waals surface area contributed by atoms with Gasteiger partial charge in [0.25, 0.3) is 0 Å². The summed E-state index contributed by atoms with van der Waals surface area (Å²) in [6.45, 7) is 2.61. The molecule has 0 radical (unpaired) electrons. The molecule has 2 heterocycles. The molecule has 2 aromatic heterocycles. The fourth-order valence-corrected chi connectivity index (χ4v) is 1.41. The van der Waals surface area contributed by atoms with Crippen LogP contribution in [0.25, 0.3) is 0 Å². The van der Waals surface area contributed by atoms with Gasteiger partial charge in [-0.05, 0) is 24.6 Å². The van der Waals surface area contributed by atoms with Gasteiger partial charge in [0, 0.05) is 25.0 Å². The normalized spacial score (nSPS) is 10.1. The third-order valence-electron chi connectivity index (χ3n) is 2.30. The van der Waals surface area contributed by atoms with Gasteiger partial charge in [0.1, 0.15) is 0 Å². The number of aryl methyl sites for hydroxylation is 1. The molecule has 18 heavy (non-hydrogen) atoms. The molecule has 0 unspecified atom stereocenters. The second-order valence-electron chi connectivity index (χ2n) is 3.83. The number of carbonyl (C=O) groups is 1. The van der Waals surface area contributed by atoms with E-state index in [0.29, 0.717) is 18.8 Å². The van der Waals surface area contributed by atoms with E-state index >= 15 is 0 Å². The molecule has 6 heteroatoms. The second-order valence-corrected chi connectivity index (χ2v) is 3.83. The first-order valence-corrected chi connectivity index (χ1v) is 5.57. The number of pyridine rings is 1. The van der Waals surface area contributed by atoms with Crippen molar-refractivity contribution in [2.45, 2.75) is 20.0 Å². The molecule has 0 saturated carbocycles. The number of aromatic nitrogens is 2. The van der Waals surface area contributed by atoms with Gasteiger partial charge in [-0.25, -0.2) is 4.79 Å². The molecule has 0 fully saturated rings. The van der Waals surface area contributed by atoms with E-state index in [0.717, 1.165) is 11.3 Å². The monoisotopic (exact) mass is 246 g/mol. The van der Waals surface area contributed by atoms with Crippen molar-refractivity contribution in [3.05, 3.63) is 47.6 Å². The Morgan fingerprint density at radius 2 is 2.00 bits per heavy atom. The van der Waals surface area contributed by atoms with Gasteiger partial charge in [-0.3, -0.25) is 4.98 Å². The van der Waals surface area contributed by atoms with Crippen LogP contribution in [0.4, 0.5) is 4.79 Å². The number of urea groups is 1. The Kier molecular flexibility index (Phi) is 3.90. The van der Waals surface area contributed by atoms with E-state index in [2.05, 4.69) is 20.8 Å². The summed E-state index contributed by atoms with van der Waals surface area (Å²) in [5.41, 5.74) is 1.79. The largest absolute Gasteiger partial charge is 0.359 e. The standard InChI is InChI=1S/C12H14N4O2/c1-9-6-11(18-16-9)8-15-12(17)14-7-10-2-4-13-5-3-10/h2-6H,7-8H2,1H3,(H2,14,15,17). The van der Waals surface area contributed by atoms with E-state index in [1.54, 1.807) is 18.5 Å². The Hall–Kier alpha value is -2.37. The lowest BCUT2D eigenvalue weighted by Crippen LogP contribution is -2.34. The van der Waals surface area contributed by atoms with Gasteiger partial charge in [0.2, 0.25) is 0 Å². The fraction of sp³-hybridized carbons (Fsp3) is 0.250. The van der Waals surface area contributed by atoms with E-state index < -0.39 is 0 Å². The van der Waals surface area contributed by atoms with Crippen LogP contribution in [0, 0.1) is 6.92 Å². The number of rotatable bonds is 4. The van der Waals surface area contributed by atoms with Crippen LogP contribution < -0.4 is 10.6 Å². The maximum absolute atomic E-state index is 11.5. The van der Waals surface area contributed by atoms with Gasteiger partial charge in [0.05, 0.1) is 12.2 Å². The molecule has 0 aromatic carbocycles. The van der Waals surface area contributed by atoms with Crippen LogP contribution in [-0.4, -0.2) is 16.2 Å². The molecule has 0 aliphatic rings. The highest BCUT2D eigenvalue weighted by molar-refractivity contribution is 5.73. The van der Waals surface area contributed by atoms with Crippen LogP contribution >= 0.6 is 0 Å². The zero-order chi connectivity index (χ0) is 12.8. The summed E-state index contributed by atoms with van der Waals surface area (Å²) in [6.07, 6.45) is 3.37. The molecular formula is C12H14N4O2. The summed E-state index contributed by atoms with van der Waals surface area (Å²) in [7, 11) is 0. The lowest BCUT2D eigenvalue weighted by atomic mass is 10.3. The van der Waals surface area contributed by atoms with Gasteiger partial charge < -0.3 is 15.2 Å². The Labute approximate surface area is 104 Å². The third kappa shape index (κ3) is 3.58. The van der Waals surface area contributed by atoms with Gasteiger partial charge in [-0.15, -0.1) is 0 Å². The van der Waals surface area contributed by atoms with E-state index in [1.807, 2.05) is 19.1 Å². The zero-order valence-corrected chi connectivity index (χ0v) is 10.0. The van der Waals surface area contributed by atoms with Crippen LogP contribution in [0.1, 0.15) is 17.0 Å². The quantitative estimate of drug-likeness (QED) is 0.854. The maximum atomic E-state index is 11.5. The zero-order valence-electron chi connectivity index (χ0n) is 10.0. The summed E-state index contributed by atoms with van der Waals surface area (Å²) in [6, 6.07) is 5.23. The number of amides is 2. The molecule has 6 nitrogen and oxygen atoms in total. The lowest BCUT2D eigenvalue weighted by Gasteiger charge is -2.05. The molecule has 0 aliphatic heterocycles. The molecule has 0 spiro atoms. The molecule has 0 aliphatic carbocycles. The first-order valence-electron chi connectivity index (χ1n) is 5.57. The van der Waals surface area contributed by atoms with Crippen molar-refractivity contribution < 1.29 is 9.32 Å². The van der Waals surface area contributed by atoms with Crippen molar-refractivity contribution >= 4 is 6.03 Å². The van der Waals surface area contributed by atoms with E-state index in [1.165, 1.54) is 0 Å². The van der Waals surface area contributed by atoms with Crippen molar-refractivity contribution in [3.8, 4) is 0 Å². The second kappa shape index (κ2) is 5.81. The maximum Gasteiger partial charge on any atom is 0.315 e. The van der Waals surface area contributed by atoms with Crippen LogP contribution in [0.5, 0.6) is 0 Å². The highest BCUT2D eigenvalue weighted by Crippen LogP contribution is 2.01. The van der Waals surface area contributed by atoms with Crippen molar-refractivity contribution in [1.29, 1.82) is 0 Å². The topological polar surface area (TPSA) is 80.0 Å². The van der Waals surface area contributed by atoms with E-state index in [-0.39, 0.29) is 6.03 Å². The summed E-state index contributed by atoms with van der Waals surface area (Å²) >= 11 is 0. The highest BCUT2D eigenvalue weighted by Gasteiger charge is 2.03. The predicted octanol–water partition coefficient (Wildman–Crippen LogP) is 1.38. The molecule has 94 valence electrons. The van der Waals surface area contributed by atoms with Crippen molar-refractivity contribution in [2.24, 2.45) is 0 Å². The van der Waals surface area contributed by atoms with Gasteiger partial charge in [-0.1, -0.05) is 5.16 Å². The van der Waals surface area contributed by atoms with Gasteiger partial charge >= 0.3 is 6.03 Å². The van der Waals surface area contributed by atoms with E-state index in [9.17, 15) is 4.79 Å². The summed E-state index contributed by atoms with van der Waals surface area (Å²) < 4.78 is 4.98. The number of nitrogens with zero attached hydrogens (tertiary/aromatic N) is 2. The third-order valence-corrected chi connectivity index (χ3v) is 2.30. The number of hydrogen-bond donors (Lipinski definition) is 2. The Bertz CT molecular complexity index is 510. The van der Waals surface area contributed by atoms with Gasteiger partial charge in [0.15, 0.2) is 5.76 Å². The molecule has 2 N–H and O–H groups in total. The smallest absolute Gasteiger partial charge is 0.315 e. The van der Waals surface area contributed by atoms with Crippen LogP contribution in [-0.2, 0) is 13.1 Å². The Morgan fingerprint density at radius 1 is 1.28 bits per heavy atom. The first kappa shape index (κ1) is 12.1.